The van der Waals surface area contributed by atoms with Crippen LogP contribution in [-0.4, -0.2) is 64.9 Å². The number of aliphatic hydroxyl groups is 1. The molecule has 0 saturated heterocycles. The maximum Gasteiger partial charge on any atom is 0.472 e. The summed E-state index contributed by atoms with van der Waals surface area (Å²) in [5.41, 5.74) is 0. The molecule has 0 bridgehead atoms. The lowest BCUT2D eigenvalue weighted by Crippen LogP contribution is -2.43. The average Bonchev–Trinajstić information content (AvgIpc) is 3.11. The quantitative estimate of drug-likeness (QED) is 0.0209. The molecular weight excluding hydrogens is 685 g/mol. The first-order chi connectivity index (χ1) is 25.1. The van der Waals surface area contributed by atoms with E-state index in [2.05, 4.69) is 67.8 Å². The minimum Gasteiger partial charge on any atom is -0.480 e. The molecule has 4 N–H and O–H groups in total. The highest BCUT2D eigenvalue weighted by molar-refractivity contribution is 7.47. The van der Waals surface area contributed by atoms with Crippen LogP contribution in [0.2, 0.25) is 0 Å². The molecule has 0 aromatic carbocycles. The Morgan fingerprint density at radius 2 is 1.06 bits per heavy atom. The van der Waals surface area contributed by atoms with Gasteiger partial charge in [-0.1, -0.05) is 133 Å². The molecule has 0 aliphatic heterocycles. The predicted octanol–water partition coefficient (Wildman–Crippen LogP) is 9.44. The largest absolute Gasteiger partial charge is 0.480 e. The van der Waals surface area contributed by atoms with Crippen LogP contribution in [0.25, 0.3) is 0 Å². The average molecular weight is 756 g/mol. The number of hydrogen-bond acceptors (Lipinski definition) is 8. The Bertz CT molecular complexity index is 1070. The van der Waals surface area contributed by atoms with Crippen molar-refractivity contribution in [1.82, 2.24) is 5.32 Å². The maximum absolute atomic E-state index is 12.3. The van der Waals surface area contributed by atoms with Gasteiger partial charge in [0.2, 0.25) is 5.91 Å². The number of allylic oxidation sites excluding steroid dienone is 8. The third-order valence-corrected chi connectivity index (χ3v) is 9.07. The van der Waals surface area contributed by atoms with Crippen molar-refractivity contribution in [2.45, 2.75) is 167 Å². The van der Waals surface area contributed by atoms with Gasteiger partial charge in [-0.15, -0.1) is 0 Å². The summed E-state index contributed by atoms with van der Waals surface area (Å²) in [4.78, 5) is 45.6. The van der Waals surface area contributed by atoms with Crippen molar-refractivity contribution in [3.63, 3.8) is 0 Å². The van der Waals surface area contributed by atoms with E-state index in [-0.39, 0.29) is 12.8 Å². The fraction of sp³-hybridized carbons (Fsp3) is 0.725. The van der Waals surface area contributed by atoms with Crippen LogP contribution in [-0.2, 0) is 32.7 Å². The molecule has 52 heavy (non-hydrogen) atoms. The number of ether oxygens (including phenoxy) is 1. The summed E-state index contributed by atoms with van der Waals surface area (Å²) in [5.74, 6) is -2.41. The fourth-order valence-corrected chi connectivity index (χ4v) is 5.77. The molecule has 0 radical (unpaired) electrons. The summed E-state index contributed by atoms with van der Waals surface area (Å²) in [6.07, 6.45) is 37.3. The second-order valence-electron chi connectivity index (χ2n) is 13.1. The Morgan fingerprint density at radius 3 is 1.62 bits per heavy atom. The smallest absolute Gasteiger partial charge is 0.472 e. The zero-order valence-electron chi connectivity index (χ0n) is 32.1. The van der Waals surface area contributed by atoms with E-state index in [9.17, 15) is 34.1 Å². The third-order valence-electron chi connectivity index (χ3n) is 8.12. The summed E-state index contributed by atoms with van der Waals surface area (Å²) in [7, 11) is -4.75. The number of carbonyl (C=O) groups is 3. The molecule has 12 heteroatoms. The van der Waals surface area contributed by atoms with Crippen LogP contribution in [0.3, 0.4) is 0 Å². The first-order valence-electron chi connectivity index (χ1n) is 19.7. The second kappa shape index (κ2) is 35.5. The molecule has 0 rings (SSSR count). The molecule has 300 valence electrons. The lowest BCUT2D eigenvalue weighted by atomic mass is 10.1. The van der Waals surface area contributed by atoms with E-state index in [0.29, 0.717) is 12.8 Å². The summed E-state index contributed by atoms with van der Waals surface area (Å²) in [5, 5.41) is 21.7. The van der Waals surface area contributed by atoms with Crippen LogP contribution < -0.4 is 5.32 Å². The van der Waals surface area contributed by atoms with Gasteiger partial charge in [-0.25, -0.2) is 9.36 Å². The van der Waals surface area contributed by atoms with Gasteiger partial charge in [-0.3, -0.25) is 18.6 Å². The van der Waals surface area contributed by atoms with Crippen molar-refractivity contribution in [2.24, 2.45) is 0 Å². The van der Waals surface area contributed by atoms with Gasteiger partial charge in [-0.05, 0) is 57.8 Å². The lowest BCUT2D eigenvalue weighted by molar-refractivity contribution is -0.147. The number of aliphatic hydroxyl groups excluding tert-OH is 1. The Labute approximate surface area is 314 Å². The molecule has 0 fully saturated rings. The van der Waals surface area contributed by atoms with E-state index in [1.54, 1.807) is 0 Å². The number of carboxylic acid groups (broad SMARTS) is 1. The molecular formula is C40H70NO10P. The second-order valence-corrected chi connectivity index (χ2v) is 14.6. The molecule has 0 aromatic rings. The zero-order valence-corrected chi connectivity index (χ0v) is 33.0. The number of esters is 1. The minimum atomic E-state index is -4.75. The number of nitrogens with one attached hydrogen (secondary N) is 1. The summed E-state index contributed by atoms with van der Waals surface area (Å²) in [6, 6.07) is -1.56. The standard InChI is InChI=1S/C40H70NO10P/c1-3-5-7-9-11-12-13-14-15-16-17-18-19-20-21-22-23-24-26-27-29-31-38(43)41-37(40(45)46)35-51-52(47,48)50-34-36(42)33-49-39(44)32-30-28-25-10-8-6-4-2/h11-12,14-15,17-18,20-21,36-37,42H,3-10,13,16,19,22-35H2,1-2H3,(H,41,43)(H,45,46)(H,47,48)/b12-11-,15-14-,18-17-,21-20-. The van der Waals surface area contributed by atoms with Crippen molar-refractivity contribution in [3.8, 4) is 0 Å². The highest BCUT2D eigenvalue weighted by atomic mass is 31.2. The Morgan fingerprint density at radius 1 is 0.615 bits per heavy atom. The van der Waals surface area contributed by atoms with Crippen LogP contribution >= 0.6 is 7.82 Å². The van der Waals surface area contributed by atoms with Crippen molar-refractivity contribution < 1.29 is 47.8 Å². The van der Waals surface area contributed by atoms with Crippen molar-refractivity contribution >= 4 is 25.7 Å². The van der Waals surface area contributed by atoms with Crippen LogP contribution in [0.15, 0.2) is 48.6 Å². The SMILES string of the molecule is CCCCC/C=C\C/C=C\C/C=C\C/C=C\CCCCCCCC(=O)NC(COP(=O)(O)OCC(O)COC(=O)CCCCCCCCC)C(=O)O. The summed E-state index contributed by atoms with van der Waals surface area (Å²) >= 11 is 0. The highest BCUT2D eigenvalue weighted by Gasteiger charge is 2.28. The number of phosphoric ester groups is 1. The minimum absolute atomic E-state index is 0.123. The van der Waals surface area contributed by atoms with Gasteiger partial charge in [-0.2, -0.15) is 0 Å². The third kappa shape index (κ3) is 34.5. The van der Waals surface area contributed by atoms with E-state index in [1.807, 2.05) is 0 Å². The number of carboxylic acids is 1. The Kier molecular flexibility index (Phi) is 33.7. The van der Waals surface area contributed by atoms with Gasteiger partial charge >= 0.3 is 19.8 Å². The molecule has 0 aliphatic rings. The summed E-state index contributed by atoms with van der Waals surface area (Å²) in [6.45, 7) is 2.47. The van der Waals surface area contributed by atoms with Gasteiger partial charge in [0.15, 0.2) is 6.04 Å². The monoisotopic (exact) mass is 755 g/mol. The first-order valence-corrected chi connectivity index (χ1v) is 21.2. The van der Waals surface area contributed by atoms with Gasteiger partial charge in [0, 0.05) is 12.8 Å². The molecule has 3 unspecified atom stereocenters. The van der Waals surface area contributed by atoms with Gasteiger partial charge in [0.05, 0.1) is 13.2 Å². The van der Waals surface area contributed by atoms with Gasteiger partial charge in [0.1, 0.15) is 12.7 Å². The molecule has 3 atom stereocenters. The van der Waals surface area contributed by atoms with E-state index in [0.717, 1.165) is 70.6 Å². The number of carbonyl (C=O) groups excluding carboxylic acids is 2. The fourth-order valence-electron chi connectivity index (χ4n) is 5.00. The molecule has 1 amide bonds. The summed E-state index contributed by atoms with van der Waals surface area (Å²) < 4.78 is 26.6. The van der Waals surface area contributed by atoms with Crippen molar-refractivity contribution in [2.75, 3.05) is 19.8 Å². The molecule has 0 aliphatic carbocycles. The predicted molar refractivity (Wildman–Crippen MR) is 208 cm³/mol. The van der Waals surface area contributed by atoms with Gasteiger partial charge in [0.25, 0.3) is 0 Å². The Balaban J connectivity index is 3.99. The number of amides is 1. The van der Waals surface area contributed by atoms with Crippen LogP contribution in [0.5, 0.6) is 0 Å². The van der Waals surface area contributed by atoms with Gasteiger partial charge < -0.3 is 25.2 Å². The van der Waals surface area contributed by atoms with Crippen LogP contribution in [0.1, 0.15) is 155 Å². The molecule has 0 heterocycles. The lowest BCUT2D eigenvalue weighted by Gasteiger charge is -2.18. The number of phosphoric acid groups is 1. The highest BCUT2D eigenvalue weighted by Crippen LogP contribution is 2.43. The number of unbranched alkanes of at least 4 members (excludes halogenated alkanes) is 14. The van der Waals surface area contributed by atoms with Crippen molar-refractivity contribution in [1.29, 1.82) is 0 Å². The maximum atomic E-state index is 12.3. The van der Waals surface area contributed by atoms with E-state index in [4.69, 9.17) is 13.8 Å². The molecule has 0 spiro atoms. The van der Waals surface area contributed by atoms with Crippen LogP contribution in [0.4, 0.5) is 0 Å². The molecule has 0 saturated carbocycles. The van der Waals surface area contributed by atoms with E-state index < -0.39 is 57.6 Å². The number of rotatable bonds is 36. The first kappa shape index (κ1) is 49.4. The van der Waals surface area contributed by atoms with E-state index >= 15 is 0 Å². The normalized spacial score (nSPS) is 14.4. The molecule has 11 nitrogen and oxygen atoms in total. The number of aliphatic carboxylic acids is 1. The van der Waals surface area contributed by atoms with Crippen molar-refractivity contribution in [3.05, 3.63) is 48.6 Å². The Hall–Kier alpha value is -2.56. The zero-order chi connectivity index (χ0) is 38.5. The number of hydrogen-bond donors (Lipinski definition) is 4. The topological polar surface area (TPSA) is 169 Å². The van der Waals surface area contributed by atoms with Crippen LogP contribution in [0, 0.1) is 0 Å². The van der Waals surface area contributed by atoms with E-state index in [1.165, 1.54) is 44.9 Å². The molecule has 0 aromatic heterocycles.